The number of para-hydroxylation sites is 1. The highest BCUT2D eigenvalue weighted by Crippen LogP contribution is 2.36. The molecular formula is C24H23ClN4O6. The normalized spacial score (nSPS) is 13.5. The summed E-state index contributed by atoms with van der Waals surface area (Å²) in [6.07, 6.45) is 0. The number of nitrogens with one attached hydrogen (secondary N) is 1. The topological polar surface area (TPSA) is 118 Å². The van der Waals surface area contributed by atoms with Crippen molar-refractivity contribution in [1.29, 1.82) is 0 Å². The lowest BCUT2D eigenvalue weighted by Gasteiger charge is -2.36. The Hall–Kier alpha value is -4.05. The van der Waals surface area contributed by atoms with Crippen molar-refractivity contribution in [3.63, 3.8) is 0 Å². The number of carbonyl (C=O) groups is 2. The van der Waals surface area contributed by atoms with Gasteiger partial charge in [0.25, 0.3) is 11.6 Å². The second-order valence-electron chi connectivity index (χ2n) is 7.89. The summed E-state index contributed by atoms with van der Waals surface area (Å²) in [6.45, 7) is 3.78. The first kappa shape index (κ1) is 24.1. The number of halogens is 1. The van der Waals surface area contributed by atoms with E-state index in [0.29, 0.717) is 48.3 Å². The molecule has 0 spiro atoms. The molecule has 3 aromatic rings. The number of anilines is 2. The average Bonchev–Trinajstić information content (AvgIpc) is 3.34. The zero-order valence-electron chi connectivity index (χ0n) is 19.1. The van der Waals surface area contributed by atoms with Gasteiger partial charge in [0, 0.05) is 33.1 Å². The Morgan fingerprint density at radius 2 is 1.86 bits per heavy atom. The van der Waals surface area contributed by atoms with Crippen LogP contribution in [0, 0.1) is 10.1 Å². The number of hydrogen-bond donors (Lipinski definition) is 1. The van der Waals surface area contributed by atoms with Crippen LogP contribution >= 0.6 is 11.6 Å². The van der Waals surface area contributed by atoms with Crippen LogP contribution < -0.4 is 15.0 Å². The zero-order valence-corrected chi connectivity index (χ0v) is 19.9. The lowest BCUT2D eigenvalue weighted by atomic mass is 10.1. The van der Waals surface area contributed by atoms with Crippen LogP contribution in [0.15, 0.2) is 52.9 Å². The zero-order chi connectivity index (χ0) is 25.1. The van der Waals surface area contributed by atoms with E-state index in [1.807, 2.05) is 4.90 Å². The van der Waals surface area contributed by atoms with E-state index in [0.717, 1.165) is 0 Å². The first-order valence-electron chi connectivity index (χ1n) is 10.8. The molecule has 1 fully saturated rings. The van der Waals surface area contributed by atoms with Gasteiger partial charge in [-0.25, -0.2) is 0 Å². The first-order valence-corrected chi connectivity index (χ1v) is 11.2. The lowest BCUT2D eigenvalue weighted by Crippen LogP contribution is -2.48. The third-order valence-electron chi connectivity index (χ3n) is 5.77. The molecule has 0 bridgehead atoms. The number of ether oxygens (including phenoxy) is 1. The minimum atomic E-state index is -0.537. The quantitative estimate of drug-likeness (QED) is 0.394. The third-order valence-corrected chi connectivity index (χ3v) is 6.08. The Kier molecular flexibility index (Phi) is 6.92. The van der Waals surface area contributed by atoms with Crippen LogP contribution in [-0.4, -0.2) is 54.9 Å². The predicted octanol–water partition coefficient (Wildman–Crippen LogP) is 4.44. The fourth-order valence-corrected chi connectivity index (χ4v) is 4.26. The summed E-state index contributed by atoms with van der Waals surface area (Å²) in [6, 6.07) is 12.5. The van der Waals surface area contributed by atoms with Crippen LogP contribution in [0.2, 0.25) is 5.02 Å². The summed E-state index contributed by atoms with van der Waals surface area (Å²) in [4.78, 5) is 39.4. The number of benzene rings is 2. The van der Waals surface area contributed by atoms with Gasteiger partial charge in [-0.2, -0.15) is 0 Å². The maximum absolute atomic E-state index is 13.0. The Morgan fingerprint density at radius 3 is 2.51 bits per heavy atom. The molecule has 1 aromatic heterocycles. The molecule has 1 saturated heterocycles. The molecule has 0 atom stereocenters. The summed E-state index contributed by atoms with van der Waals surface area (Å²) in [5.41, 5.74) is 1.17. The van der Waals surface area contributed by atoms with E-state index in [9.17, 15) is 19.7 Å². The van der Waals surface area contributed by atoms with Gasteiger partial charge in [0.2, 0.25) is 5.91 Å². The van der Waals surface area contributed by atoms with Gasteiger partial charge in [-0.3, -0.25) is 19.7 Å². The molecule has 2 aromatic carbocycles. The molecular weight excluding hydrogens is 476 g/mol. The molecule has 0 unspecified atom stereocenters. The van der Waals surface area contributed by atoms with Crippen LogP contribution in [0.5, 0.6) is 5.75 Å². The van der Waals surface area contributed by atoms with Gasteiger partial charge in [-0.15, -0.1) is 0 Å². The Balaban J connectivity index is 1.56. The van der Waals surface area contributed by atoms with Crippen LogP contribution in [0.1, 0.15) is 17.5 Å². The van der Waals surface area contributed by atoms with E-state index < -0.39 is 10.8 Å². The average molecular weight is 499 g/mol. The molecule has 10 nitrogen and oxygen atoms in total. The van der Waals surface area contributed by atoms with Gasteiger partial charge in [0.05, 0.1) is 40.1 Å². The van der Waals surface area contributed by atoms with E-state index in [-0.39, 0.29) is 28.7 Å². The van der Waals surface area contributed by atoms with Gasteiger partial charge in [0.1, 0.15) is 11.5 Å². The van der Waals surface area contributed by atoms with Crippen molar-refractivity contribution in [1.82, 2.24) is 4.90 Å². The summed E-state index contributed by atoms with van der Waals surface area (Å²) in [7, 11) is 1.42. The number of amides is 2. The maximum atomic E-state index is 13.0. The van der Waals surface area contributed by atoms with Gasteiger partial charge < -0.3 is 24.3 Å². The van der Waals surface area contributed by atoms with Gasteiger partial charge in [-0.05, 0) is 36.4 Å². The molecule has 11 heteroatoms. The number of methoxy groups -OCH3 is 1. The predicted molar refractivity (Wildman–Crippen MR) is 131 cm³/mol. The minimum absolute atomic E-state index is 0.0163. The van der Waals surface area contributed by atoms with Crippen molar-refractivity contribution < 1.29 is 23.7 Å². The number of carbonyl (C=O) groups excluding carboxylic acids is 2. The number of hydrogen-bond acceptors (Lipinski definition) is 7. The van der Waals surface area contributed by atoms with Crippen LogP contribution in [0.3, 0.4) is 0 Å². The number of piperazine rings is 1. The summed E-state index contributed by atoms with van der Waals surface area (Å²) >= 11 is 6.48. The summed E-state index contributed by atoms with van der Waals surface area (Å²) < 4.78 is 10.7. The number of nitro groups is 1. The molecule has 0 saturated carbocycles. The van der Waals surface area contributed by atoms with Crippen molar-refractivity contribution in [2.75, 3.05) is 43.5 Å². The Bertz CT molecular complexity index is 1280. The van der Waals surface area contributed by atoms with Crippen LogP contribution in [0.25, 0.3) is 11.3 Å². The fourth-order valence-electron chi connectivity index (χ4n) is 3.97. The van der Waals surface area contributed by atoms with E-state index in [1.54, 1.807) is 29.2 Å². The highest BCUT2D eigenvalue weighted by Gasteiger charge is 2.25. The number of nitrogens with zero attached hydrogens (tertiary/aromatic N) is 3. The maximum Gasteiger partial charge on any atom is 0.291 e. The largest absolute Gasteiger partial charge is 0.497 e. The number of nitro benzene ring substituents is 1. The van der Waals surface area contributed by atoms with Crippen LogP contribution in [-0.2, 0) is 4.79 Å². The Morgan fingerprint density at radius 1 is 1.11 bits per heavy atom. The number of furan rings is 1. The molecule has 1 aliphatic rings. The second-order valence-corrected chi connectivity index (χ2v) is 8.29. The smallest absolute Gasteiger partial charge is 0.291 e. The molecule has 1 aliphatic heterocycles. The van der Waals surface area contributed by atoms with E-state index in [1.165, 1.54) is 38.3 Å². The fraction of sp³-hybridized carbons (Fsp3) is 0.250. The highest BCUT2D eigenvalue weighted by atomic mass is 35.5. The van der Waals surface area contributed by atoms with E-state index >= 15 is 0 Å². The molecule has 1 N–H and O–H groups in total. The van der Waals surface area contributed by atoms with Gasteiger partial charge in [0.15, 0.2) is 5.76 Å². The lowest BCUT2D eigenvalue weighted by molar-refractivity contribution is -0.384. The van der Waals surface area contributed by atoms with Crippen molar-refractivity contribution in [2.24, 2.45) is 0 Å². The molecule has 35 heavy (non-hydrogen) atoms. The van der Waals surface area contributed by atoms with Gasteiger partial charge in [-0.1, -0.05) is 17.7 Å². The highest BCUT2D eigenvalue weighted by molar-refractivity contribution is 6.34. The van der Waals surface area contributed by atoms with Crippen LogP contribution in [0.4, 0.5) is 17.1 Å². The molecule has 0 aliphatic carbocycles. The van der Waals surface area contributed by atoms with Crippen molar-refractivity contribution in [3.05, 3.63) is 69.4 Å². The standard InChI is InChI=1S/C24H23ClN4O6/c1-15(30)27-10-12-28(13-11-27)23-18(25)4-3-5-19(23)26-24(31)22-9-8-21(35-22)17-7-6-16(34-2)14-20(17)29(32)33/h3-9,14H,10-13H2,1-2H3,(H,26,31). The minimum Gasteiger partial charge on any atom is -0.497 e. The summed E-state index contributed by atoms with van der Waals surface area (Å²) in [5, 5.41) is 14.8. The van der Waals surface area contributed by atoms with Gasteiger partial charge >= 0.3 is 0 Å². The third kappa shape index (κ3) is 5.07. The first-order chi connectivity index (χ1) is 16.8. The molecule has 182 valence electrons. The summed E-state index contributed by atoms with van der Waals surface area (Å²) in [5.74, 6) is -0.0161. The monoisotopic (exact) mass is 498 g/mol. The Labute approximate surface area is 206 Å². The number of rotatable bonds is 6. The molecule has 0 radical (unpaired) electrons. The van der Waals surface area contributed by atoms with Crippen molar-refractivity contribution in [3.8, 4) is 17.1 Å². The second kappa shape index (κ2) is 10.1. The molecule has 2 heterocycles. The van der Waals surface area contributed by atoms with E-state index in [2.05, 4.69) is 5.32 Å². The molecule has 4 rings (SSSR count). The van der Waals surface area contributed by atoms with Crippen molar-refractivity contribution >= 4 is 40.5 Å². The van der Waals surface area contributed by atoms with Crippen molar-refractivity contribution in [2.45, 2.75) is 6.92 Å². The molecule has 2 amide bonds. The SMILES string of the molecule is COc1ccc(-c2ccc(C(=O)Nc3cccc(Cl)c3N3CCN(C(C)=O)CC3)o2)c([N+](=O)[O-])c1. The van der Waals surface area contributed by atoms with E-state index in [4.69, 9.17) is 20.8 Å².